The summed E-state index contributed by atoms with van der Waals surface area (Å²) in [5, 5.41) is 6.07. The van der Waals surface area contributed by atoms with Gasteiger partial charge in [-0.25, -0.2) is 15.0 Å². The fourth-order valence-electron chi connectivity index (χ4n) is 5.66. The van der Waals surface area contributed by atoms with Crippen molar-refractivity contribution in [3.63, 3.8) is 0 Å². The van der Waals surface area contributed by atoms with Gasteiger partial charge in [0.2, 0.25) is 0 Å². The van der Waals surface area contributed by atoms with Crippen LogP contribution in [-0.4, -0.2) is 15.0 Å². The molecule has 9 aromatic rings. The first-order valence-corrected chi connectivity index (χ1v) is 14.3. The number of furan rings is 1. The minimum absolute atomic E-state index is 0.00156. The van der Waals surface area contributed by atoms with Gasteiger partial charge >= 0.3 is 0 Å². The second-order valence-electron chi connectivity index (χ2n) is 10.1. The highest BCUT2D eigenvalue weighted by atomic mass is 32.1. The van der Waals surface area contributed by atoms with E-state index >= 15 is 0 Å². The SMILES string of the molecule is [2H]c1c([2H])c([2H])c(-c2nc(-c3ccc4oc5cc6ccccc6cc5c4c3)nc(-c3cccc4sc5ccccc5c34)n2)c([2H])c1[2H]. The lowest BCUT2D eigenvalue weighted by molar-refractivity contribution is 0.669. The Balaban J connectivity index is 1.34. The lowest BCUT2D eigenvalue weighted by atomic mass is 10.0. The van der Waals surface area contributed by atoms with E-state index in [2.05, 4.69) is 36.4 Å². The monoisotopic (exact) mass is 560 g/mol. The molecule has 5 heteroatoms. The summed E-state index contributed by atoms with van der Waals surface area (Å²) in [6, 6.07) is 30.0. The summed E-state index contributed by atoms with van der Waals surface area (Å²) in [5.74, 6) is 0.654. The molecule has 0 saturated carbocycles. The Bertz CT molecular complexity index is 2740. The van der Waals surface area contributed by atoms with E-state index in [0.29, 0.717) is 22.8 Å². The van der Waals surface area contributed by atoms with Gasteiger partial charge in [-0.2, -0.15) is 0 Å². The van der Waals surface area contributed by atoms with E-state index in [1.165, 1.54) is 0 Å². The van der Waals surface area contributed by atoms with Gasteiger partial charge in [-0.3, -0.25) is 0 Å². The average Bonchev–Trinajstić information content (AvgIpc) is 3.66. The molecule has 0 aliphatic heterocycles. The standard InChI is InChI=1S/C37H21N3OS/c1-2-9-22(10-3-1)35-38-36(40-37(39-35)27-14-8-16-33-34(27)26-13-6-7-15-32(26)42-33)25-17-18-30-28(20-25)29-19-23-11-4-5-12-24(23)21-31(29)41-30/h1-21H/i1D,2D,3D,9D,10D. The number of rotatable bonds is 3. The summed E-state index contributed by atoms with van der Waals surface area (Å²) in [6.45, 7) is 0. The van der Waals surface area contributed by atoms with Gasteiger partial charge in [0.1, 0.15) is 11.2 Å². The Kier molecular flexibility index (Phi) is 4.07. The van der Waals surface area contributed by atoms with Gasteiger partial charge in [-0.05, 0) is 53.2 Å². The van der Waals surface area contributed by atoms with Crippen LogP contribution in [-0.2, 0) is 0 Å². The van der Waals surface area contributed by atoms with Crippen molar-refractivity contribution < 1.29 is 11.3 Å². The molecule has 0 N–H and O–H groups in total. The first-order valence-electron chi connectivity index (χ1n) is 15.9. The maximum atomic E-state index is 8.70. The Morgan fingerprint density at radius 3 is 2.14 bits per heavy atom. The van der Waals surface area contributed by atoms with Crippen LogP contribution in [0.5, 0.6) is 0 Å². The molecule has 0 aliphatic rings. The quantitative estimate of drug-likeness (QED) is 0.216. The zero-order valence-corrected chi connectivity index (χ0v) is 22.7. The van der Waals surface area contributed by atoms with Crippen LogP contribution in [0.3, 0.4) is 0 Å². The molecule has 3 heterocycles. The van der Waals surface area contributed by atoms with Crippen LogP contribution in [0.25, 0.3) is 87.0 Å². The lowest BCUT2D eigenvalue weighted by Crippen LogP contribution is -2.00. The Morgan fingerprint density at radius 2 is 1.26 bits per heavy atom. The normalized spacial score (nSPS) is 13.5. The third kappa shape index (κ3) is 3.64. The van der Waals surface area contributed by atoms with Gasteiger partial charge in [0.25, 0.3) is 0 Å². The van der Waals surface area contributed by atoms with Gasteiger partial charge in [-0.1, -0.05) is 84.8 Å². The van der Waals surface area contributed by atoms with Crippen molar-refractivity contribution in [3.05, 3.63) is 127 Å². The van der Waals surface area contributed by atoms with Crippen molar-refractivity contribution in [2.75, 3.05) is 0 Å². The highest BCUT2D eigenvalue weighted by Gasteiger charge is 2.18. The predicted octanol–water partition coefficient (Wildman–Crippen LogP) is 10.3. The minimum Gasteiger partial charge on any atom is -0.456 e. The predicted molar refractivity (Wildman–Crippen MR) is 174 cm³/mol. The molecule has 0 fully saturated rings. The second kappa shape index (κ2) is 9.06. The zero-order chi connectivity index (χ0) is 32.0. The topological polar surface area (TPSA) is 51.8 Å². The summed E-state index contributed by atoms with van der Waals surface area (Å²) in [5.41, 5.74) is 2.84. The molecule has 0 radical (unpaired) electrons. The molecule has 0 aliphatic carbocycles. The fourth-order valence-corrected chi connectivity index (χ4v) is 6.79. The molecule has 0 bridgehead atoms. The number of benzene rings is 6. The van der Waals surface area contributed by atoms with Crippen molar-refractivity contribution in [2.24, 2.45) is 0 Å². The van der Waals surface area contributed by atoms with Crippen LogP contribution in [0.4, 0.5) is 0 Å². The molecule has 9 rings (SSSR count). The molecule has 0 unspecified atom stereocenters. The summed E-state index contributed by atoms with van der Waals surface area (Å²) >= 11 is 1.67. The number of hydrogen-bond acceptors (Lipinski definition) is 5. The van der Waals surface area contributed by atoms with Crippen LogP contribution < -0.4 is 0 Å². The van der Waals surface area contributed by atoms with Gasteiger partial charge < -0.3 is 4.42 Å². The maximum absolute atomic E-state index is 8.70. The van der Waals surface area contributed by atoms with Crippen molar-refractivity contribution in [3.8, 4) is 34.2 Å². The van der Waals surface area contributed by atoms with E-state index in [0.717, 1.165) is 52.9 Å². The molecule has 0 amide bonds. The molecule has 0 saturated heterocycles. The number of nitrogens with zero attached hydrogens (tertiary/aromatic N) is 3. The molecule has 3 aromatic heterocycles. The van der Waals surface area contributed by atoms with E-state index in [-0.39, 0.29) is 23.5 Å². The number of thiophene rings is 1. The number of fused-ring (bicyclic) bond motifs is 7. The molecule has 42 heavy (non-hydrogen) atoms. The first kappa shape index (κ1) is 18.9. The van der Waals surface area contributed by atoms with Gasteiger partial charge in [0, 0.05) is 47.6 Å². The van der Waals surface area contributed by atoms with Crippen molar-refractivity contribution in [1.29, 1.82) is 0 Å². The van der Waals surface area contributed by atoms with E-state index in [1.807, 2.05) is 60.7 Å². The van der Waals surface area contributed by atoms with Crippen molar-refractivity contribution in [2.45, 2.75) is 0 Å². The van der Waals surface area contributed by atoms with Crippen LogP contribution in [0.1, 0.15) is 6.85 Å². The molecule has 4 nitrogen and oxygen atoms in total. The smallest absolute Gasteiger partial charge is 0.164 e. The highest BCUT2D eigenvalue weighted by Crippen LogP contribution is 2.40. The Hall–Kier alpha value is -5.39. The number of aromatic nitrogens is 3. The summed E-state index contributed by atoms with van der Waals surface area (Å²) in [7, 11) is 0. The molecule has 0 spiro atoms. The Labute approximate surface area is 251 Å². The minimum atomic E-state index is -0.474. The van der Waals surface area contributed by atoms with Crippen molar-refractivity contribution in [1.82, 2.24) is 15.0 Å². The van der Waals surface area contributed by atoms with E-state index in [4.69, 9.17) is 26.2 Å². The van der Waals surface area contributed by atoms with E-state index in [1.54, 1.807) is 11.3 Å². The molecule has 6 aromatic carbocycles. The Morgan fingerprint density at radius 1 is 0.548 bits per heavy atom. The van der Waals surface area contributed by atoms with Gasteiger partial charge in [-0.15, -0.1) is 11.3 Å². The van der Waals surface area contributed by atoms with Crippen LogP contribution in [0.15, 0.2) is 132 Å². The third-order valence-electron chi connectivity index (χ3n) is 7.60. The lowest BCUT2D eigenvalue weighted by Gasteiger charge is -2.09. The van der Waals surface area contributed by atoms with Crippen LogP contribution in [0, 0.1) is 0 Å². The third-order valence-corrected chi connectivity index (χ3v) is 8.73. The van der Waals surface area contributed by atoms with Crippen LogP contribution in [0.2, 0.25) is 0 Å². The van der Waals surface area contributed by atoms with Crippen LogP contribution >= 0.6 is 11.3 Å². The zero-order valence-electron chi connectivity index (χ0n) is 26.9. The summed E-state index contributed by atoms with van der Waals surface area (Å²) < 4.78 is 50.6. The second-order valence-corrected chi connectivity index (χ2v) is 11.2. The molecule has 0 atom stereocenters. The summed E-state index contributed by atoms with van der Waals surface area (Å²) in [4.78, 5) is 14.5. The van der Waals surface area contributed by atoms with Gasteiger partial charge in [0.15, 0.2) is 17.5 Å². The van der Waals surface area contributed by atoms with E-state index in [9.17, 15) is 0 Å². The molecular formula is C37H21N3OS. The number of hydrogen-bond donors (Lipinski definition) is 0. The average molecular weight is 561 g/mol. The largest absolute Gasteiger partial charge is 0.456 e. The van der Waals surface area contributed by atoms with Crippen molar-refractivity contribution >= 4 is 64.2 Å². The van der Waals surface area contributed by atoms with E-state index < -0.39 is 18.1 Å². The summed E-state index contributed by atoms with van der Waals surface area (Å²) in [6.07, 6.45) is 0. The maximum Gasteiger partial charge on any atom is 0.164 e. The highest BCUT2D eigenvalue weighted by molar-refractivity contribution is 7.25. The fraction of sp³-hybridized carbons (Fsp3) is 0. The first-order chi connectivity index (χ1) is 22.9. The molecule has 196 valence electrons. The van der Waals surface area contributed by atoms with Gasteiger partial charge in [0.05, 0.1) is 6.85 Å². The molecular weight excluding hydrogens is 534 g/mol.